The number of aryl methyl sites for hydroxylation is 1. The number of carbonyl (C=O) groups excluding carboxylic acids is 1. The summed E-state index contributed by atoms with van der Waals surface area (Å²) in [4.78, 5) is 26.4. The molecule has 0 aliphatic heterocycles. The van der Waals surface area contributed by atoms with Gasteiger partial charge in [-0.25, -0.2) is 0 Å². The minimum absolute atomic E-state index is 0.104. The van der Waals surface area contributed by atoms with Crippen LogP contribution < -0.4 is 9.64 Å². The molecule has 0 saturated carbocycles. The van der Waals surface area contributed by atoms with Gasteiger partial charge in [0.15, 0.2) is 12.4 Å². The Hall–Kier alpha value is -3.09. The van der Waals surface area contributed by atoms with E-state index < -0.39 is 4.92 Å². The molecule has 0 fully saturated rings. The van der Waals surface area contributed by atoms with Gasteiger partial charge >= 0.3 is 5.69 Å². The lowest BCUT2D eigenvalue weighted by atomic mass is 10.2. The van der Waals surface area contributed by atoms with E-state index in [-0.39, 0.29) is 24.0 Å². The maximum atomic E-state index is 12.3. The van der Waals surface area contributed by atoms with E-state index in [4.69, 9.17) is 4.74 Å². The molecule has 0 aliphatic carbocycles. The summed E-state index contributed by atoms with van der Waals surface area (Å²) in [6.45, 7) is 1.99. The van der Waals surface area contributed by atoms with Gasteiger partial charge in [0.25, 0.3) is 5.91 Å². The van der Waals surface area contributed by atoms with Crippen LogP contribution >= 0.6 is 0 Å². The Labute approximate surface area is 152 Å². The molecule has 2 aromatic rings. The van der Waals surface area contributed by atoms with E-state index in [0.29, 0.717) is 6.54 Å². The highest BCUT2D eigenvalue weighted by molar-refractivity contribution is 5.77. The van der Waals surface area contributed by atoms with Gasteiger partial charge in [-0.2, -0.15) is 0 Å². The molecule has 0 unspecified atom stereocenters. The third-order valence-corrected chi connectivity index (χ3v) is 3.96. The minimum Gasteiger partial charge on any atom is -0.477 e. The molecule has 1 amide bonds. The summed E-state index contributed by atoms with van der Waals surface area (Å²) in [7, 11) is 5.61. The van der Waals surface area contributed by atoms with Crippen molar-refractivity contribution in [2.75, 3.05) is 32.6 Å². The van der Waals surface area contributed by atoms with Crippen LogP contribution in [0, 0.1) is 17.0 Å². The van der Waals surface area contributed by atoms with E-state index in [9.17, 15) is 14.9 Å². The van der Waals surface area contributed by atoms with Crippen molar-refractivity contribution in [1.82, 2.24) is 4.90 Å². The average molecular weight is 357 g/mol. The van der Waals surface area contributed by atoms with E-state index in [1.54, 1.807) is 19.2 Å². The van der Waals surface area contributed by atoms with Crippen LogP contribution in [0.1, 0.15) is 11.1 Å². The zero-order chi connectivity index (χ0) is 19.3. The number of benzene rings is 2. The summed E-state index contributed by atoms with van der Waals surface area (Å²) in [5, 5.41) is 11.1. The lowest BCUT2D eigenvalue weighted by Gasteiger charge is -2.18. The van der Waals surface area contributed by atoms with Crippen LogP contribution in [0.4, 0.5) is 11.4 Å². The number of likely N-dealkylation sites (N-methyl/N-ethyl adjacent to an activating group) is 1. The molecule has 0 saturated heterocycles. The Morgan fingerprint density at radius 2 is 1.77 bits per heavy atom. The summed E-state index contributed by atoms with van der Waals surface area (Å²) < 4.78 is 5.41. The summed E-state index contributed by atoms with van der Waals surface area (Å²) in [6.07, 6.45) is 0. The molecule has 138 valence electrons. The Morgan fingerprint density at radius 1 is 1.12 bits per heavy atom. The number of nitrogens with zero attached hydrogens (tertiary/aromatic N) is 3. The quantitative estimate of drug-likeness (QED) is 0.562. The predicted molar refractivity (Wildman–Crippen MR) is 101 cm³/mol. The number of nitro benzene ring substituents is 1. The SMILES string of the molecule is Cc1ccc([N+](=O)[O-])c(OCC(=O)N(C)Cc2ccc(N(C)C)cc2)c1. The highest BCUT2D eigenvalue weighted by atomic mass is 16.6. The number of amides is 1. The summed E-state index contributed by atoms with van der Waals surface area (Å²) >= 11 is 0. The number of nitro groups is 1. The molecule has 7 nitrogen and oxygen atoms in total. The number of rotatable bonds is 7. The fourth-order valence-electron chi connectivity index (χ4n) is 2.40. The molecule has 0 aromatic heterocycles. The van der Waals surface area contributed by atoms with Gasteiger partial charge in [-0.3, -0.25) is 14.9 Å². The first kappa shape index (κ1) is 19.2. The maximum Gasteiger partial charge on any atom is 0.310 e. The summed E-state index contributed by atoms with van der Waals surface area (Å²) in [6, 6.07) is 12.5. The molecular weight excluding hydrogens is 334 g/mol. The molecular formula is C19H23N3O4. The average Bonchev–Trinajstić information content (AvgIpc) is 2.59. The van der Waals surface area contributed by atoms with Gasteiger partial charge in [0.1, 0.15) is 0 Å². The Morgan fingerprint density at radius 3 is 2.35 bits per heavy atom. The van der Waals surface area contributed by atoms with E-state index in [1.165, 1.54) is 11.0 Å². The van der Waals surface area contributed by atoms with Gasteiger partial charge in [0.2, 0.25) is 0 Å². The molecule has 0 spiro atoms. The van der Waals surface area contributed by atoms with Crippen molar-refractivity contribution in [3.05, 3.63) is 63.7 Å². The Bertz CT molecular complexity index is 788. The fourth-order valence-corrected chi connectivity index (χ4v) is 2.40. The second-order valence-electron chi connectivity index (χ2n) is 6.33. The van der Waals surface area contributed by atoms with Gasteiger partial charge < -0.3 is 14.5 Å². The van der Waals surface area contributed by atoms with Crippen molar-refractivity contribution in [3.8, 4) is 5.75 Å². The van der Waals surface area contributed by atoms with Crippen molar-refractivity contribution >= 4 is 17.3 Å². The van der Waals surface area contributed by atoms with Crippen LogP contribution in [0.15, 0.2) is 42.5 Å². The summed E-state index contributed by atoms with van der Waals surface area (Å²) in [5.41, 5.74) is 2.75. The topological polar surface area (TPSA) is 75.9 Å². The van der Waals surface area contributed by atoms with Crippen molar-refractivity contribution in [2.45, 2.75) is 13.5 Å². The van der Waals surface area contributed by atoms with E-state index >= 15 is 0 Å². The molecule has 0 heterocycles. The smallest absolute Gasteiger partial charge is 0.310 e. The number of anilines is 1. The van der Waals surface area contributed by atoms with Gasteiger partial charge in [-0.05, 0) is 36.2 Å². The van der Waals surface area contributed by atoms with E-state index in [2.05, 4.69) is 0 Å². The minimum atomic E-state index is -0.519. The van der Waals surface area contributed by atoms with Crippen molar-refractivity contribution in [1.29, 1.82) is 0 Å². The van der Waals surface area contributed by atoms with Crippen LogP contribution in [-0.2, 0) is 11.3 Å². The third-order valence-electron chi connectivity index (χ3n) is 3.96. The van der Waals surface area contributed by atoms with Gasteiger partial charge in [0.05, 0.1) is 4.92 Å². The van der Waals surface area contributed by atoms with E-state index in [0.717, 1.165) is 16.8 Å². The molecule has 7 heteroatoms. The maximum absolute atomic E-state index is 12.3. The molecule has 0 atom stereocenters. The first-order valence-electron chi connectivity index (χ1n) is 8.16. The fraction of sp³-hybridized carbons (Fsp3) is 0.316. The lowest BCUT2D eigenvalue weighted by Crippen LogP contribution is -2.31. The lowest BCUT2D eigenvalue weighted by molar-refractivity contribution is -0.385. The molecule has 2 aromatic carbocycles. The second kappa shape index (κ2) is 8.33. The molecule has 2 rings (SSSR count). The molecule has 0 aliphatic rings. The van der Waals surface area contributed by atoms with Crippen LogP contribution in [-0.4, -0.2) is 43.5 Å². The normalized spacial score (nSPS) is 10.3. The number of ether oxygens (including phenoxy) is 1. The highest BCUT2D eigenvalue weighted by Crippen LogP contribution is 2.27. The Kier molecular flexibility index (Phi) is 6.16. The predicted octanol–water partition coefficient (Wildman–Crippen LogP) is 3.01. The molecule has 0 radical (unpaired) electrons. The van der Waals surface area contributed by atoms with Crippen LogP contribution in [0.5, 0.6) is 5.75 Å². The summed E-state index contributed by atoms with van der Waals surface area (Å²) in [5.74, 6) is -0.149. The second-order valence-corrected chi connectivity index (χ2v) is 6.33. The number of carbonyl (C=O) groups is 1. The van der Waals surface area contributed by atoms with Crippen molar-refractivity contribution in [3.63, 3.8) is 0 Å². The number of hydrogen-bond acceptors (Lipinski definition) is 5. The monoisotopic (exact) mass is 357 g/mol. The van der Waals surface area contributed by atoms with Crippen LogP contribution in [0.25, 0.3) is 0 Å². The van der Waals surface area contributed by atoms with Crippen molar-refractivity contribution in [2.24, 2.45) is 0 Å². The van der Waals surface area contributed by atoms with Crippen LogP contribution in [0.2, 0.25) is 0 Å². The van der Waals surface area contributed by atoms with Gasteiger partial charge in [-0.1, -0.05) is 18.2 Å². The van der Waals surface area contributed by atoms with E-state index in [1.807, 2.05) is 50.2 Å². The van der Waals surface area contributed by atoms with Crippen molar-refractivity contribution < 1.29 is 14.5 Å². The zero-order valence-corrected chi connectivity index (χ0v) is 15.4. The largest absolute Gasteiger partial charge is 0.477 e. The standard InChI is InChI=1S/C19H23N3O4/c1-14-5-10-17(22(24)25)18(11-14)26-13-19(23)21(4)12-15-6-8-16(9-7-15)20(2)3/h5-11H,12-13H2,1-4H3. The third kappa shape index (κ3) is 4.95. The highest BCUT2D eigenvalue weighted by Gasteiger charge is 2.17. The first-order chi connectivity index (χ1) is 12.3. The first-order valence-corrected chi connectivity index (χ1v) is 8.16. The van der Waals surface area contributed by atoms with Gasteiger partial charge in [0, 0.05) is 39.4 Å². The molecule has 26 heavy (non-hydrogen) atoms. The number of hydrogen-bond donors (Lipinski definition) is 0. The zero-order valence-electron chi connectivity index (χ0n) is 15.4. The van der Waals surface area contributed by atoms with Gasteiger partial charge in [-0.15, -0.1) is 0 Å². The Balaban J connectivity index is 1.97. The molecule has 0 N–H and O–H groups in total. The molecule has 0 bridgehead atoms. The van der Waals surface area contributed by atoms with Crippen LogP contribution in [0.3, 0.4) is 0 Å².